The summed E-state index contributed by atoms with van der Waals surface area (Å²) in [5.74, 6) is 1.76. The number of aromatic nitrogens is 3. The molecule has 0 bridgehead atoms. The Morgan fingerprint density at radius 2 is 0.885 bits per heavy atom. The Balaban J connectivity index is 1.11. The van der Waals surface area contributed by atoms with Crippen molar-refractivity contribution in [2.75, 3.05) is 0 Å². The molecule has 0 aliphatic rings. The first-order valence-electron chi connectivity index (χ1n) is 17.3. The lowest BCUT2D eigenvalue weighted by molar-refractivity contribution is 0.669. The van der Waals surface area contributed by atoms with Crippen LogP contribution in [0.5, 0.6) is 0 Å². The Hall–Kier alpha value is -7.11. The molecule has 11 rings (SSSR count). The number of furan rings is 2. The second kappa shape index (κ2) is 11.2. The first-order chi connectivity index (χ1) is 25.7. The standard InChI is InChI=1S/C47H27N3O2/c1-2-11-33-29(9-1)21-22-30-10-7-15-37(43(30)33)46-48-45(49-47(50-46)38-16-8-14-36-34-12-3-6-18-41(34)52-44(36)38)31-23-19-28(20-24-31)32-25-26-42-39(27-32)35-13-4-5-17-40(35)51-42/h1-27H. The normalized spacial score (nSPS) is 11.8. The van der Waals surface area contributed by atoms with E-state index in [1.807, 2.05) is 48.5 Å². The lowest BCUT2D eigenvalue weighted by atomic mass is 9.97. The largest absolute Gasteiger partial charge is 0.456 e. The highest BCUT2D eigenvalue weighted by atomic mass is 16.3. The molecule has 0 aliphatic carbocycles. The summed E-state index contributed by atoms with van der Waals surface area (Å²) in [7, 11) is 0. The average Bonchev–Trinajstić information content (AvgIpc) is 3.79. The highest BCUT2D eigenvalue weighted by Gasteiger charge is 2.19. The number of hydrogen-bond donors (Lipinski definition) is 0. The molecule has 0 amide bonds. The molecule has 0 spiro atoms. The molecule has 3 aromatic heterocycles. The molecule has 11 aromatic rings. The van der Waals surface area contributed by atoms with Crippen LogP contribution in [0.1, 0.15) is 0 Å². The summed E-state index contributed by atoms with van der Waals surface area (Å²) in [5.41, 5.74) is 8.24. The third-order valence-corrected chi connectivity index (χ3v) is 10.1. The molecule has 0 N–H and O–H groups in total. The summed E-state index contributed by atoms with van der Waals surface area (Å²) < 4.78 is 12.5. The summed E-state index contributed by atoms with van der Waals surface area (Å²) in [6, 6.07) is 56.4. The molecule has 52 heavy (non-hydrogen) atoms. The van der Waals surface area contributed by atoms with Gasteiger partial charge in [0.15, 0.2) is 17.5 Å². The molecule has 0 saturated carbocycles. The van der Waals surface area contributed by atoms with Crippen molar-refractivity contribution in [1.29, 1.82) is 0 Å². The van der Waals surface area contributed by atoms with E-state index in [1.54, 1.807) is 0 Å². The summed E-state index contributed by atoms with van der Waals surface area (Å²) in [6.45, 7) is 0. The molecule has 8 aromatic carbocycles. The Morgan fingerprint density at radius 3 is 1.73 bits per heavy atom. The van der Waals surface area contributed by atoms with Gasteiger partial charge in [-0.05, 0) is 57.6 Å². The molecule has 0 fully saturated rings. The van der Waals surface area contributed by atoms with Crippen LogP contribution in [0.25, 0.3) is 111 Å². The molecular weight excluding hydrogens is 639 g/mol. The maximum absolute atomic E-state index is 6.47. The quantitative estimate of drug-likeness (QED) is 0.175. The Morgan fingerprint density at radius 1 is 0.327 bits per heavy atom. The average molecular weight is 666 g/mol. The van der Waals surface area contributed by atoms with Crippen molar-refractivity contribution in [1.82, 2.24) is 15.0 Å². The van der Waals surface area contributed by atoms with E-state index < -0.39 is 0 Å². The lowest BCUT2D eigenvalue weighted by Crippen LogP contribution is -2.01. The topological polar surface area (TPSA) is 65.0 Å². The van der Waals surface area contributed by atoms with Crippen LogP contribution in [-0.4, -0.2) is 15.0 Å². The zero-order valence-corrected chi connectivity index (χ0v) is 27.7. The number of rotatable bonds is 4. The summed E-state index contributed by atoms with van der Waals surface area (Å²) in [5, 5.41) is 8.87. The van der Waals surface area contributed by atoms with Gasteiger partial charge in [-0.25, -0.2) is 15.0 Å². The van der Waals surface area contributed by atoms with Gasteiger partial charge in [-0.15, -0.1) is 0 Å². The number of hydrogen-bond acceptors (Lipinski definition) is 5. The number of para-hydroxylation sites is 3. The van der Waals surface area contributed by atoms with Crippen LogP contribution >= 0.6 is 0 Å². The lowest BCUT2D eigenvalue weighted by Gasteiger charge is -2.12. The fraction of sp³-hybridized carbons (Fsp3) is 0. The van der Waals surface area contributed by atoms with Gasteiger partial charge in [0.05, 0.1) is 5.56 Å². The SMILES string of the molecule is c1ccc2c(c1)ccc1cccc(-c3nc(-c4ccc(-c5ccc6oc7ccccc7c6c5)cc4)nc(-c4cccc5c4oc4ccccc45)n3)c12. The van der Waals surface area contributed by atoms with Crippen molar-refractivity contribution in [3.8, 4) is 45.3 Å². The molecule has 5 heteroatoms. The summed E-state index contributed by atoms with van der Waals surface area (Å²) >= 11 is 0. The van der Waals surface area contributed by atoms with Crippen LogP contribution in [0.2, 0.25) is 0 Å². The number of nitrogens with zero attached hydrogens (tertiary/aromatic N) is 3. The molecule has 0 atom stereocenters. The second-order valence-electron chi connectivity index (χ2n) is 13.2. The van der Waals surface area contributed by atoms with E-state index in [4.69, 9.17) is 23.8 Å². The van der Waals surface area contributed by atoms with Gasteiger partial charge in [-0.2, -0.15) is 0 Å². The van der Waals surface area contributed by atoms with Gasteiger partial charge in [0.1, 0.15) is 22.3 Å². The summed E-state index contributed by atoms with van der Waals surface area (Å²) in [6.07, 6.45) is 0. The Labute approximate surface area is 297 Å². The van der Waals surface area contributed by atoms with E-state index in [0.717, 1.165) is 87.9 Å². The van der Waals surface area contributed by atoms with Crippen LogP contribution < -0.4 is 0 Å². The van der Waals surface area contributed by atoms with Crippen molar-refractivity contribution in [2.24, 2.45) is 0 Å². The molecule has 0 saturated heterocycles. The zero-order valence-electron chi connectivity index (χ0n) is 27.7. The van der Waals surface area contributed by atoms with Crippen molar-refractivity contribution < 1.29 is 8.83 Å². The van der Waals surface area contributed by atoms with Crippen molar-refractivity contribution >= 4 is 65.4 Å². The van der Waals surface area contributed by atoms with Gasteiger partial charge in [-0.1, -0.05) is 133 Å². The van der Waals surface area contributed by atoms with Gasteiger partial charge in [0, 0.05) is 38.1 Å². The van der Waals surface area contributed by atoms with E-state index >= 15 is 0 Å². The van der Waals surface area contributed by atoms with Crippen molar-refractivity contribution in [3.05, 3.63) is 164 Å². The van der Waals surface area contributed by atoms with Crippen molar-refractivity contribution in [3.63, 3.8) is 0 Å². The van der Waals surface area contributed by atoms with Crippen LogP contribution in [0.15, 0.2) is 173 Å². The van der Waals surface area contributed by atoms with Crippen LogP contribution in [-0.2, 0) is 0 Å². The van der Waals surface area contributed by atoms with Gasteiger partial charge in [0.2, 0.25) is 0 Å². The van der Waals surface area contributed by atoms with Crippen LogP contribution in [0.3, 0.4) is 0 Å². The zero-order chi connectivity index (χ0) is 34.2. The Kier molecular flexibility index (Phi) is 6.18. The van der Waals surface area contributed by atoms with Crippen molar-refractivity contribution in [2.45, 2.75) is 0 Å². The highest BCUT2D eigenvalue weighted by Crippen LogP contribution is 2.38. The third-order valence-electron chi connectivity index (χ3n) is 10.1. The van der Waals surface area contributed by atoms with Gasteiger partial charge >= 0.3 is 0 Å². The molecule has 5 nitrogen and oxygen atoms in total. The monoisotopic (exact) mass is 665 g/mol. The van der Waals surface area contributed by atoms with E-state index in [9.17, 15) is 0 Å². The second-order valence-corrected chi connectivity index (χ2v) is 13.2. The molecule has 242 valence electrons. The van der Waals surface area contributed by atoms with E-state index in [1.165, 1.54) is 5.39 Å². The van der Waals surface area contributed by atoms with E-state index in [-0.39, 0.29) is 0 Å². The molecule has 0 aliphatic heterocycles. The highest BCUT2D eigenvalue weighted by molar-refractivity contribution is 6.14. The smallest absolute Gasteiger partial charge is 0.167 e. The maximum Gasteiger partial charge on any atom is 0.167 e. The van der Waals surface area contributed by atoms with Gasteiger partial charge < -0.3 is 8.83 Å². The molecule has 3 heterocycles. The fourth-order valence-corrected chi connectivity index (χ4v) is 7.63. The van der Waals surface area contributed by atoms with Crippen LogP contribution in [0.4, 0.5) is 0 Å². The maximum atomic E-state index is 6.47. The van der Waals surface area contributed by atoms with Gasteiger partial charge in [0.25, 0.3) is 0 Å². The van der Waals surface area contributed by atoms with E-state index in [2.05, 4.69) is 115 Å². The molecule has 0 unspecified atom stereocenters. The predicted octanol–water partition coefficient (Wildman–Crippen LogP) is 12.6. The number of fused-ring (bicyclic) bond motifs is 9. The molecule has 0 radical (unpaired) electrons. The minimum Gasteiger partial charge on any atom is -0.456 e. The summed E-state index contributed by atoms with van der Waals surface area (Å²) in [4.78, 5) is 15.5. The molecular formula is C47H27N3O2. The number of benzene rings is 8. The fourth-order valence-electron chi connectivity index (χ4n) is 7.63. The first-order valence-corrected chi connectivity index (χ1v) is 17.3. The van der Waals surface area contributed by atoms with Gasteiger partial charge in [-0.3, -0.25) is 0 Å². The first kappa shape index (κ1) is 28.7. The minimum absolute atomic E-state index is 0.559. The predicted molar refractivity (Wildman–Crippen MR) is 211 cm³/mol. The van der Waals surface area contributed by atoms with E-state index in [0.29, 0.717) is 17.5 Å². The Bertz CT molecular complexity index is 3190. The third kappa shape index (κ3) is 4.46. The van der Waals surface area contributed by atoms with Crippen LogP contribution in [0, 0.1) is 0 Å². The minimum atomic E-state index is 0.559.